The molecule has 1 N–H and O–H groups in total. The lowest BCUT2D eigenvalue weighted by Crippen LogP contribution is -1.92. The number of nitrogens with zero attached hydrogens (tertiary/aromatic N) is 1. The van der Waals surface area contributed by atoms with Gasteiger partial charge in [-0.15, -0.1) is 0 Å². The topological polar surface area (TPSA) is 51.1 Å². The number of phenols is 1. The van der Waals surface area contributed by atoms with E-state index in [-0.39, 0.29) is 12.5 Å². The summed E-state index contributed by atoms with van der Waals surface area (Å²) in [5.74, 6) is 1.50. The standard InChI is InChI=1S/C14H10ClNO3/c15-10-2-3-12(17)11(6-10)16-7-9-1-4-13-14(5-9)19-8-18-13/h1-7,17H,8H2. The molecule has 0 radical (unpaired) electrons. The number of hydrogen-bond donors (Lipinski definition) is 1. The Hall–Kier alpha value is -2.20. The van der Waals surface area contributed by atoms with Gasteiger partial charge in [-0.2, -0.15) is 0 Å². The first-order valence-corrected chi connectivity index (χ1v) is 6.02. The fourth-order valence-electron chi connectivity index (χ4n) is 1.74. The molecular formula is C14H10ClNO3. The van der Waals surface area contributed by atoms with Crippen LogP contribution in [0.5, 0.6) is 17.2 Å². The first-order valence-electron chi connectivity index (χ1n) is 5.64. The van der Waals surface area contributed by atoms with Gasteiger partial charge < -0.3 is 14.6 Å². The monoisotopic (exact) mass is 275 g/mol. The Balaban J connectivity index is 1.88. The lowest BCUT2D eigenvalue weighted by molar-refractivity contribution is 0.174. The molecule has 19 heavy (non-hydrogen) atoms. The van der Waals surface area contributed by atoms with Crippen LogP contribution in [0.3, 0.4) is 0 Å². The van der Waals surface area contributed by atoms with Crippen molar-refractivity contribution in [2.75, 3.05) is 6.79 Å². The van der Waals surface area contributed by atoms with Crippen molar-refractivity contribution in [1.29, 1.82) is 0 Å². The SMILES string of the molecule is Oc1ccc(Cl)cc1N=Cc1ccc2c(c1)OCO2. The van der Waals surface area contributed by atoms with Crippen molar-refractivity contribution < 1.29 is 14.6 Å². The van der Waals surface area contributed by atoms with E-state index in [4.69, 9.17) is 21.1 Å². The zero-order valence-corrected chi connectivity index (χ0v) is 10.6. The van der Waals surface area contributed by atoms with Crippen molar-refractivity contribution >= 4 is 23.5 Å². The third kappa shape index (κ3) is 2.48. The van der Waals surface area contributed by atoms with Crippen molar-refractivity contribution in [3.63, 3.8) is 0 Å². The summed E-state index contributed by atoms with van der Waals surface area (Å²) in [4.78, 5) is 4.21. The van der Waals surface area contributed by atoms with Gasteiger partial charge in [0.15, 0.2) is 11.5 Å². The fourth-order valence-corrected chi connectivity index (χ4v) is 1.90. The maximum Gasteiger partial charge on any atom is 0.231 e. The van der Waals surface area contributed by atoms with E-state index in [0.29, 0.717) is 16.5 Å². The number of fused-ring (bicyclic) bond motifs is 1. The van der Waals surface area contributed by atoms with E-state index in [1.807, 2.05) is 18.2 Å². The molecule has 0 bridgehead atoms. The van der Waals surface area contributed by atoms with Crippen LogP contribution in [0.1, 0.15) is 5.56 Å². The molecule has 0 aliphatic carbocycles. The van der Waals surface area contributed by atoms with Gasteiger partial charge in [-0.1, -0.05) is 11.6 Å². The van der Waals surface area contributed by atoms with E-state index in [1.54, 1.807) is 18.3 Å². The van der Waals surface area contributed by atoms with Crippen LogP contribution in [0.2, 0.25) is 5.02 Å². The zero-order valence-electron chi connectivity index (χ0n) is 9.84. The van der Waals surface area contributed by atoms with E-state index in [1.165, 1.54) is 6.07 Å². The van der Waals surface area contributed by atoms with Crippen LogP contribution < -0.4 is 9.47 Å². The summed E-state index contributed by atoms with van der Waals surface area (Å²) < 4.78 is 10.5. The Morgan fingerprint density at radius 2 is 1.95 bits per heavy atom. The second kappa shape index (κ2) is 4.82. The molecule has 3 rings (SSSR count). The summed E-state index contributed by atoms with van der Waals surface area (Å²) in [7, 11) is 0. The summed E-state index contributed by atoms with van der Waals surface area (Å²) in [6.07, 6.45) is 1.63. The summed E-state index contributed by atoms with van der Waals surface area (Å²) in [5.41, 5.74) is 1.27. The molecule has 0 aromatic heterocycles. The predicted octanol–water partition coefficient (Wildman–Crippen LogP) is 3.52. The quantitative estimate of drug-likeness (QED) is 0.853. The predicted molar refractivity (Wildman–Crippen MR) is 72.9 cm³/mol. The second-order valence-corrected chi connectivity index (χ2v) is 4.44. The Kier molecular flexibility index (Phi) is 3.01. The minimum Gasteiger partial charge on any atom is -0.506 e. The highest BCUT2D eigenvalue weighted by atomic mass is 35.5. The molecule has 1 heterocycles. The average Bonchev–Trinajstić information content (AvgIpc) is 2.87. The second-order valence-electron chi connectivity index (χ2n) is 4.00. The largest absolute Gasteiger partial charge is 0.506 e. The lowest BCUT2D eigenvalue weighted by atomic mass is 10.2. The number of aromatic hydroxyl groups is 1. The van der Waals surface area contributed by atoms with Crippen LogP contribution in [0.4, 0.5) is 5.69 Å². The molecule has 0 atom stereocenters. The third-order valence-corrected chi connectivity index (χ3v) is 2.92. The molecule has 2 aromatic rings. The maximum atomic E-state index is 9.65. The van der Waals surface area contributed by atoms with Gasteiger partial charge >= 0.3 is 0 Å². The average molecular weight is 276 g/mol. The highest BCUT2D eigenvalue weighted by Gasteiger charge is 2.12. The summed E-state index contributed by atoms with van der Waals surface area (Å²) >= 11 is 5.85. The number of ether oxygens (including phenoxy) is 2. The van der Waals surface area contributed by atoms with Gasteiger partial charge in [-0.05, 0) is 42.0 Å². The van der Waals surface area contributed by atoms with Gasteiger partial charge in [-0.25, -0.2) is 0 Å². The van der Waals surface area contributed by atoms with Crippen molar-refractivity contribution in [3.05, 3.63) is 47.0 Å². The van der Waals surface area contributed by atoms with Gasteiger partial charge in [0.1, 0.15) is 11.4 Å². The van der Waals surface area contributed by atoms with Crippen molar-refractivity contribution in [3.8, 4) is 17.2 Å². The zero-order chi connectivity index (χ0) is 13.2. The minimum atomic E-state index is 0.0846. The van der Waals surface area contributed by atoms with Gasteiger partial charge in [0.25, 0.3) is 0 Å². The number of benzene rings is 2. The molecule has 96 valence electrons. The highest BCUT2D eigenvalue weighted by molar-refractivity contribution is 6.30. The van der Waals surface area contributed by atoms with Crippen LogP contribution in [0, 0.1) is 0 Å². The fraction of sp³-hybridized carbons (Fsp3) is 0.0714. The van der Waals surface area contributed by atoms with Crippen LogP contribution in [-0.4, -0.2) is 18.1 Å². The Morgan fingerprint density at radius 3 is 2.84 bits per heavy atom. The third-order valence-electron chi connectivity index (χ3n) is 2.69. The van der Waals surface area contributed by atoms with Crippen LogP contribution >= 0.6 is 11.6 Å². The Morgan fingerprint density at radius 1 is 1.11 bits per heavy atom. The van der Waals surface area contributed by atoms with Crippen molar-refractivity contribution in [2.24, 2.45) is 4.99 Å². The molecule has 1 aliphatic heterocycles. The number of halogens is 1. The highest BCUT2D eigenvalue weighted by Crippen LogP contribution is 2.33. The molecule has 0 fully saturated rings. The van der Waals surface area contributed by atoms with E-state index in [9.17, 15) is 5.11 Å². The van der Waals surface area contributed by atoms with Crippen molar-refractivity contribution in [1.82, 2.24) is 0 Å². The summed E-state index contributed by atoms with van der Waals surface area (Å²) in [6.45, 7) is 0.241. The molecule has 0 unspecified atom stereocenters. The number of aliphatic imine (C=N–C) groups is 1. The first-order chi connectivity index (χ1) is 9.22. The molecule has 5 heteroatoms. The van der Waals surface area contributed by atoms with Gasteiger partial charge in [0.05, 0.1) is 0 Å². The molecular weight excluding hydrogens is 266 g/mol. The maximum absolute atomic E-state index is 9.65. The summed E-state index contributed by atoms with van der Waals surface area (Å²) in [6, 6.07) is 10.2. The molecule has 2 aromatic carbocycles. The summed E-state index contributed by atoms with van der Waals surface area (Å²) in [5, 5.41) is 10.2. The van der Waals surface area contributed by atoms with Gasteiger partial charge in [0.2, 0.25) is 6.79 Å². The van der Waals surface area contributed by atoms with Gasteiger partial charge in [0, 0.05) is 11.2 Å². The molecule has 1 aliphatic rings. The first kappa shape index (κ1) is 11.9. The van der Waals surface area contributed by atoms with E-state index >= 15 is 0 Å². The molecule has 0 spiro atoms. The van der Waals surface area contributed by atoms with Gasteiger partial charge in [-0.3, -0.25) is 4.99 Å². The van der Waals surface area contributed by atoms with Crippen molar-refractivity contribution in [2.45, 2.75) is 0 Å². The lowest BCUT2D eigenvalue weighted by Gasteiger charge is -2.00. The van der Waals surface area contributed by atoms with Crippen LogP contribution in [0.25, 0.3) is 0 Å². The van der Waals surface area contributed by atoms with Crippen LogP contribution in [-0.2, 0) is 0 Å². The van der Waals surface area contributed by atoms with E-state index in [0.717, 1.165) is 11.3 Å². The van der Waals surface area contributed by atoms with E-state index < -0.39 is 0 Å². The van der Waals surface area contributed by atoms with Crippen LogP contribution in [0.15, 0.2) is 41.4 Å². The number of rotatable bonds is 2. The molecule has 0 saturated heterocycles. The molecule has 0 amide bonds. The minimum absolute atomic E-state index is 0.0846. The number of hydrogen-bond acceptors (Lipinski definition) is 4. The molecule has 4 nitrogen and oxygen atoms in total. The van der Waals surface area contributed by atoms with E-state index in [2.05, 4.69) is 4.99 Å². The smallest absolute Gasteiger partial charge is 0.231 e. The number of phenolic OH excluding ortho intramolecular Hbond substituents is 1. The Bertz CT molecular complexity index is 655. The molecule has 0 saturated carbocycles. The normalized spacial score (nSPS) is 13.1. The Labute approximate surface area is 114 Å².